The van der Waals surface area contributed by atoms with Gasteiger partial charge in [-0.25, -0.2) is 0 Å². The molecule has 2 rings (SSSR count). The molecule has 0 aliphatic carbocycles. The van der Waals surface area contributed by atoms with Crippen molar-refractivity contribution >= 4 is 6.08 Å². The maximum absolute atomic E-state index is 5.16. The highest BCUT2D eigenvalue weighted by molar-refractivity contribution is 5.50. The number of methoxy groups -OCH3 is 1. The molecule has 1 aliphatic heterocycles. The smallest absolute Gasteiger partial charge is 0.118 e. The molecule has 1 heterocycles. The van der Waals surface area contributed by atoms with Crippen LogP contribution in [0.2, 0.25) is 0 Å². The van der Waals surface area contributed by atoms with E-state index >= 15 is 0 Å². The average molecular weight is 274 g/mol. The van der Waals surface area contributed by atoms with Gasteiger partial charge in [0.2, 0.25) is 0 Å². The quantitative estimate of drug-likeness (QED) is 0.793. The van der Waals surface area contributed by atoms with Gasteiger partial charge < -0.3 is 14.5 Å². The van der Waals surface area contributed by atoms with E-state index in [0.717, 1.165) is 24.9 Å². The summed E-state index contributed by atoms with van der Waals surface area (Å²) in [6.45, 7) is 3.40. The van der Waals surface area contributed by atoms with E-state index in [4.69, 9.17) is 4.74 Å². The van der Waals surface area contributed by atoms with Gasteiger partial charge >= 0.3 is 0 Å². The van der Waals surface area contributed by atoms with Gasteiger partial charge in [-0.15, -0.1) is 0 Å². The minimum atomic E-state index is 0.731. The normalized spacial score (nSPS) is 20.1. The zero-order chi connectivity index (χ0) is 14.4. The summed E-state index contributed by atoms with van der Waals surface area (Å²) < 4.78 is 5.16. The van der Waals surface area contributed by atoms with E-state index in [1.807, 2.05) is 12.1 Å². The van der Waals surface area contributed by atoms with E-state index in [0.29, 0.717) is 0 Å². The van der Waals surface area contributed by atoms with Crippen LogP contribution in [0.15, 0.2) is 30.3 Å². The first-order chi connectivity index (χ1) is 9.69. The van der Waals surface area contributed by atoms with E-state index in [1.165, 1.54) is 24.9 Å². The number of ether oxygens (including phenoxy) is 1. The lowest BCUT2D eigenvalue weighted by molar-refractivity contribution is 0.232. The van der Waals surface area contributed by atoms with Gasteiger partial charge in [0.25, 0.3) is 0 Å². The molecule has 0 radical (unpaired) electrons. The maximum atomic E-state index is 5.16. The summed E-state index contributed by atoms with van der Waals surface area (Å²) in [6.07, 6.45) is 7.09. The van der Waals surface area contributed by atoms with Gasteiger partial charge in [0.1, 0.15) is 5.75 Å². The molecule has 0 spiro atoms. The molecule has 1 aliphatic rings. The van der Waals surface area contributed by atoms with Crippen molar-refractivity contribution in [2.24, 2.45) is 0 Å². The van der Waals surface area contributed by atoms with Gasteiger partial charge in [0.15, 0.2) is 0 Å². The Labute approximate surface area is 122 Å². The summed E-state index contributed by atoms with van der Waals surface area (Å²) in [7, 11) is 6.13. The van der Waals surface area contributed by atoms with Crippen molar-refractivity contribution in [2.75, 3.05) is 40.8 Å². The first kappa shape index (κ1) is 15.1. The minimum absolute atomic E-state index is 0.731. The van der Waals surface area contributed by atoms with Crippen LogP contribution in [0.3, 0.4) is 0 Å². The van der Waals surface area contributed by atoms with Gasteiger partial charge in [0.05, 0.1) is 7.11 Å². The third-order valence-electron chi connectivity index (χ3n) is 4.04. The highest BCUT2D eigenvalue weighted by atomic mass is 16.5. The van der Waals surface area contributed by atoms with Crippen molar-refractivity contribution in [1.29, 1.82) is 0 Å². The fourth-order valence-corrected chi connectivity index (χ4v) is 2.73. The van der Waals surface area contributed by atoms with Gasteiger partial charge in [0, 0.05) is 19.1 Å². The second kappa shape index (κ2) is 7.46. The highest BCUT2D eigenvalue weighted by Crippen LogP contribution is 2.15. The Morgan fingerprint density at radius 2 is 2.10 bits per heavy atom. The first-order valence-electron chi connectivity index (χ1n) is 7.38. The van der Waals surface area contributed by atoms with Crippen molar-refractivity contribution < 1.29 is 4.74 Å². The van der Waals surface area contributed by atoms with Crippen LogP contribution in [-0.2, 0) is 0 Å². The van der Waals surface area contributed by atoms with Crippen LogP contribution in [0, 0.1) is 0 Å². The van der Waals surface area contributed by atoms with Gasteiger partial charge in [-0.1, -0.05) is 24.3 Å². The Morgan fingerprint density at radius 1 is 1.35 bits per heavy atom. The SMILES string of the molecule is COc1ccc(C=CCN(C)CC2CCCN2C)cc1. The summed E-state index contributed by atoms with van der Waals surface area (Å²) >= 11 is 0. The van der Waals surface area contributed by atoms with Crippen molar-refractivity contribution in [3.63, 3.8) is 0 Å². The molecule has 0 amide bonds. The van der Waals surface area contributed by atoms with Crippen LogP contribution in [0.1, 0.15) is 18.4 Å². The van der Waals surface area contributed by atoms with Crippen LogP contribution in [-0.4, -0.2) is 56.7 Å². The van der Waals surface area contributed by atoms with Crippen LogP contribution in [0.5, 0.6) is 5.75 Å². The first-order valence-corrected chi connectivity index (χ1v) is 7.38. The van der Waals surface area contributed by atoms with Crippen molar-refractivity contribution in [1.82, 2.24) is 9.80 Å². The highest BCUT2D eigenvalue weighted by Gasteiger charge is 2.21. The number of likely N-dealkylation sites (N-methyl/N-ethyl adjacent to an activating group) is 2. The molecule has 0 N–H and O–H groups in total. The van der Waals surface area contributed by atoms with Gasteiger partial charge in [-0.3, -0.25) is 0 Å². The summed E-state index contributed by atoms with van der Waals surface area (Å²) in [4.78, 5) is 4.87. The van der Waals surface area contributed by atoms with Gasteiger partial charge in [-0.2, -0.15) is 0 Å². The standard InChI is InChI=1S/C17H26N2O/c1-18(14-16-7-5-13-19(16)2)12-4-6-15-8-10-17(20-3)11-9-15/h4,6,8-11,16H,5,7,12-14H2,1-3H3. The molecule has 3 heteroatoms. The topological polar surface area (TPSA) is 15.7 Å². The van der Waals surface area contributed by atoms with Crippen LogP contribution < -0.4 is 4.74 Å². The average Bonchev–Trinajstić information content (AvgIpc) is 2.85. The lowest BCUT2D eigenvalue weighted by Gasteiger charge is -2.24. The van der Waals surface area contributed by atoms with Crippen molar-refractivity contribution in [3.05, 3.63) is 35.9 Å². The fraction of sp³-hybridized carbons (Fsp3) is 0.529. The predicted molar refractivity (Wildman–Crippen MR) is 85.2 cm³/mol. The largest absolute Gasteiger partial charge is 0.497 e. The molecule has 20 heavy (non-hydrogen) atoms. The summed E-state index contributed by atoms with van der Waals surface area (Å²) in [5.74, 6) is 0.906. The number of hydrogen-bond donors (Lipinski definition) is 0. The van der Waals surface area contributed by atoms with Crippen LogP contribution >= 0.6 is 0 Å². The van der Waals surface area contributed by atoms with E-state index in [-0.39, 0.29) is 0 Å². The molecule has 1 aromatic rings. The van der Waals surface area contributed by atoms with Crippen molar-refractivity contribution in [3.8, 4) is 5.75 Å². The molecule has 3 nitrogen and oxygen atoms in total. The van der Waals surface area contributed by atoms with Gasteiger partial charge in [-0.05, 0) is 51.2 Å². The number of hydrogen-bond acceptors (Lipinski definition) is 3. The number of likely N-dealkylation sites (tertiary alicyclic amines) is 1. The van der Waals surface area contributed by atoms with E-state index < -0.39 is 0 Å². The zero-order valence-electron chi connectivity index (χ0n) is 12.9. The third kappa shape index (κ3) is 4.36. The molecule has 1 fully saturated rings. The molecule has 1 atom stereocenters. The predicted octanol–water partition coefficient (Wildman–Crippen LogP) is 2.73. The monoisotopic (exact) mass is 274 g/mol. The Balaban J connectivity index is 1.76. The van der Waals surface area contributed by atoms with Crippen molar-refractivity contribution in [2.45, 2.75) is 18.9 Å². The Kier molecular flexibility index (Phi) is 5.62. The molecule has 1 saturated heterocycles. The van der Waals surface area contributed by atoms with Crippen LogP contribution in [0.25, 0.3) is 6.08 Å². The molecule has 0 saturated carbocycles. The third-order valence-corrected chi connectivity index (χ3v) is 4.04. The fourth-order valence-electron chi connectivity index (χ4n) is 2.73. The summed E-state index contributed by atoms with van der Waals surface area (Å²) in [6, 6.07) is 8.89. The summed E-state index contributed by atoms with van der Waals surface area (Å²) in [5, 5.41) is 0. The summed E-state index contributed by atoms with van der Waals surface area (Å²) in [5.41, 5.74) is 1.22. The van der Waals surface area contributed by atoms with Crippen LogP contribution in [0.4, 0.5) is 0 Å². The molecule has 1 unspecified atom stereocenters. The second-order valence-corrected chi connectivity index (χ2v) is 5.67. The van der Waals surface area contributed by atoms with E-state index in [9.17, 15) is 0 Å². The lowest BCUT2D eigenvalue weighted by atomic mass is 10.2. The molecule has 1 aromatic carbocycles. The Bertz CT molecular complexity index is 427. The Morgan fingerprint density at radius 3 is 2.70 bits per heavy atom. The second-order valence-electron chi connectivity index (χ2n) is 5.67. The number of nitrogens with zero attached hydrogens (tertiary/aromatic N) is 2. The Hall–Kier alpha value is -1.32. The number of benzene rings is 1. The van der Waals surface area contributed by atoms with E-state index in [1.54, 1.807) is 7.11 Å². The lowest BCUT2D eigenvalue weighted by Crippen LogP contribution is -2.36. The molecule has 110 valence electrons. The molecule has 0 aromatic heterocycles. The molecule has 0 bridgehead atoms. The molecular formula is C17H26N2O. The molecular weight excluding hydrogens is 248 g/mol. The number of rotatable bonds is 6. The van der Waals surface area contributed by atoms with E-state index in [2.05, 4.69) is 48.2 Å². The zero-order valence-corrected chi connectivity index (χ0v) is 12.9. The maximum Gasteiger partial charge on any atom is 0.118 e. The minimum Gasteiger partial charge on any atom is -0.497 e.